The van der Waals surface area contributed by atoms with Crippen LogP contribution in [0.3, 0.4) is 0 Å². The molecule has 6 heterocycles. The van der Waals surface area contributed by atoms with Crippen molar-refractivity contribution >= 4 is 40.1 Å². The minimum Gasteiger partial charge on any atom is -0.345 e. The average molecular weight is 746 g/mol. The van der Waals surface area contributed by atoms with E-state index in [9.17, 15) is 14.4 Å². The molecule has 0 spiro atoms. The predicted octanol–water partition coefficient (Wildman–Crippen LogP) is 5.36. The number of carbonyl (C=O) groups is 3. The van der Waals surface area contributed by atoms with Gasteiger partial charge in [0.15, 0.2) is 5.82 Å². The van der Waals surface area contributed by atoms with Crippen LogP contribution in [0.1, 0.15) is 79.7 Å². The molecule has 0 radical (unpaired) electrons. The highest BCUT2D eigenvalue weighted by Crippen LogP contribution is 2.28. The molecule has 0 atom stereocenters. The fraction of sp³-hybridized carbons (Fsp3) is 0.400. The highest BCUT2D eigenvalue weighted by Gasteiger charge is 2.28. The second-order valence-electron chi connectivity index (χ2n) is 15.2. The lowest BCUT2D eigenvalue weighted by atomic mass is 9.97. The zero-order chi connectivity index (χ0) is 38.7. The number of aromatic nitrogens is 7. The minimum atomic E-state index is -0.407. The number of piperidine rings is 1. The summed E-state index contributed by atoms with van der Waals surface area (Å²) in [6.07, 6.45) is 9.01. The molecule has 2 N–H and O–H groups in total. The van der Waals surface area contributed by atoms with E-state index in [2.05, 4.69) is 59.2 Å². The molecule has 15 heteroatoms. The molecule has 8 rings (SSSR count). The molecule has 6 aromatic rings. The van der Waals surface area contributed by atoms with Crippen LogP contribution in [0.15, 0.2) is 65.6 Å². The smallest absolute Gasteiger partial charge is 0.329 e. The lowest BCUT2D eigenvalue weighted by Gasteiger charge is -2.26. The zero-order valence-electron chi connectivity index (χ0n) is 32.0. The van der Waals surface area contributed by atoms with Crippen molar-refractivity contribution in [1.82, 2.24) is 50.1 Å². The van der Waals surface area contributed by atoms with Crippen molar-refractivity contribution < 1.29 is 18.9 Å². The van der Waals surface area contributed by atoms with Crippen molar-refractivity contribution in [1.29, 1.82) is 0 Å². The second-order valence-corrected chi connectivity index (χ2v) is 15.2. The van der Waals surface area contributed by atoms with Crippen LogP contribution in [-0.4, -0.2) is 83.4 Å². The molecule has 0 bridgehead atoms. The number of nitrogens with zero attached hydrogens (tertiary/aromatic N) is 9. The molecule has 0 unspecified atom stereocenters. The third-order valence-corrected chi connectivity index (χ3v) is 10.0. The fourth-order valence-corrected chi connectivity index (χ4v) is 6.89. The Morgan fingerprint density at radius 2 is 1.80 bits per heavy atom. The molecular formula is C40H47N11O4. The predicted molar refractivity (Wildman–Crippen MR) is 208 cm³/mol. The Kier molecular flexibility index (Phi) is 10.7. The molecule has 2 aliphatic heterocycles. The topological polar surface area (TPSA) is 169 Å². The van der Waals surface area contributed by atoms with Crippen LogP contribution in [0.5, 0.6) is 0 Å². The van der Waals surface area contributed by atoms with E-state index in [4.69, 9.17) is 4.52 Å². The SMILES string of the molecule is Cc1cc(-c2ncnn3cc(CCN4CCCCC4)cc23)ccc1CNC(=O)c1noc(C(C)(C)C)n1.Cn1nc(N2CCC(=O)NC2=O)c2ccccc21. The van der Waals surface area contributed by atoms with Crippen molar-refractivity contribution in [3.8, 4) is 11.3 Å². The number of fused-ring (bicyclic) bond motifs is 2. The maximum Gasteiger partial charge on any atom is 0.329 e. The van der Waals surface area contributed by atoms with Crippen LogP contribution in [0.25, 0.3) is 27.7 Å². The molecule has 2 aromatic carbocycles. The van der Waals surface area contributed by atoms with Crippen LogP contribution >= 0.6 is 0 Å². The largest absolute Gasteiger partial charge is 0.345 e. The van der Waals surface area contributed by atoms with E-state index in [-0.39, 0.29) is 23.1 Å². The Bertz CT molecular complexity index is 2350. The molecule has 15 nitrogen and oxygen atoms in total. The number of carbonyl (C=O) groups excluding carboxylic acids is 3. The first-order valence-electron chi connectivity index (χ1n) is 18.7. The summed E-state index contributed by atoms with van der Waals surface area (Å²) < 4.78 is 8.89. The molecule has 2 fully saturated rings. The monoisotopic (exact) mass is 745 g/mol. The number of hydrogen-bond acceptors (Lipinski definition) is 10. The summed E-state index contributed by atoms with van der Waals surface area (Å²) in [6.45, 7) is 12.2. The Hall–Kier alpha value is -5.96. The van der Waals surface area contributed by atoms with Crippen LogP contribution in [0, 0.1) is 6.92 Å². The number of imide groups is 1. The summed E-state index contributed by atoms with van der Waals surface area (Å²) in [5, 5.41) is 18.7. The molecular weight excluding hydrogens is 699 g/mol. The van der Waals surface area contributed by atoms with E-state index in [1.54, 1.807) is 11.0 Å². The van der Waals surface area contributed by atoms with Gasteiger partial charge in [-0.3, -0.25) is 24.5 Å². The number of amides is 4. The number of nitrogens with one attached hydrogen (secondary N) is 2. The van der Waals surface area contributed by atoms with Crippen LogP contribution in [0.4, 0.5) is 10.6 Å². The normalized spacial score (nSPS) is 15.3. The van der Waals surface area contributed by atoms with Gasteiger partial charge in [-0.15, -0.1) is 0 Å². The highest BCUT2D eigenvalue weighted by atomic mass is 16.5. The minimum absolute atomic E-state index is 0.0481. The maximum atomic E-state index is 12.5. The van der Waals surface area contributed by atoms with Crippen LogP contribution in [-0.2, 0) is 30.2 Å². The molecule has 4 aromatic heterocycles. The second kappa shape index (κ2) is 15.8. The van der Waals surface area contributed by atoms with Crippen molar-refractivity contribution in [3.05, 3.63) is 89.5 Å². The molecule has 0 saturated carbocycles. The first kappa shape index (κ1) is 37.4. The van der Waals surface area contributed by atoms with Gasteiger partial charge in [0, 0.05) is 55.7 Å². The number of hydrogen-bond donors (Lipinski definition) is 2. The van der Waals surface area contributed by atoms with Gasteiger partial charge in [0.2, 0.25) is 11.8 Å². The van der Waals surface area contributed by atoms with E-state index in [0.717, 1.165) is 51.8 Å². The Morgan fingerprint density at radius 3 is 2.55 bits per heavy atom. The zero-order valence-corrected chi connectivity index (χ0v) is 32.0. The van der Waals surface area contributed by atoms with Crippen LogP contribution in [0.2, 0.25) is 0 Å². The number of para-hydroxylation sites is 1. The summed E-state index contributed by atoms with van der Waals surface area (Å²) >= 11 is 0. The Balaban J connectivity index is 0.000000215. The Labute approximate surface area is 319 Å². The quantitative estimate of drug-likeness (QED) is 0.207. The average Bonchev–Trinajstić information content (AvgIpc) is 3.92. The highest BCUT2D eigenvalue weighted by molar-refractivity contribution is 6.08. The summed E-state index contributed by atoms with van der Waals surface area (Å²) in [5.74, 6) is 0.487. The van der Waals surface area contributed by atoms with E-state index in [1.165, 1.54) is 42.8 Å². The number of anilines is 1. The third-order valence-electron chi connectivity index (χ3n) is 10.0. The first-order chi connectivity index (χ1) is 26.4. The summed E-state index contributed by atoms with van der Waals surface area (Å²) in [4.78, 5) is 48.4. The molecule has 2 saturated heterocycles. The summed E-state index contributed by atoms with van der Waals surface area (Å²) in [7, 11) is 1.83. The Morgan fingerprint density at radius 1 is 1.00 bits per heavy atom. The standard InChI is InChI=1S/C28H35N7O2.C12H12N4O2/c1-19-14-21(8-9-22(19)16-29-26(36)25-32-27(37-33-25)28(2,3)4)24-23-15-20(17-35(23)31-18-30-24)10-13-34-11-6-5-7-12-34;1-15-9-5-3-2-4-8(9)11(14-15)16-7-6-10(17)13-12(16)18/h8-9,14-15,17-18H,5-7,10-13,16H2,1-4H3,(H,29,36);2-5H,6-7H2,1H3,(H,13,17,18). The van der Waals surface area contributed by atoms with Crippen molar-refractivity contribution in [2.75, 3.05) is 31.1 Å². The van der Waals surface area contributed by atoms with Crippen molar-refractivity contribution in [2.24, 2.45) is 7.05 Å². The number of aryl methyl sites for hydroxylation is 2. The fourth-order valence-electron chi connectivity index (χ4n) is 6.89. The van der Waals surface area contributed by atoms with E-state index in [1.807, 2.05) is 75.7 Å². The number of likely N-dealkylation sites (tertiary alicyclic amines) is 1. The summed E-state index contributed by atoms with van der Waals surface area (Å²) in [5.41, 5.74) is 6.93. The molecule has 55 heavy (non-hydrogen) atoms. The van der Waals surface area contributed by atoms with Gasteiger partial charge >= 0.3 is 6.03 Å². The molecule has 0 aliphatic carbocycles. The van der Waals surface area contributed by atoms with Gasteiger partial charge in [0.05, 0.1) is 16.7 Å². The van der Waals surface area contributed by atoms with Gasteiger partial charge in [-0.1, -0.05) is 56.6 Å². The molecule has 4 amide bonds. The number of rotatable bonds is 8. The van der Waals surface area contributed by atoms with Crippen molar-refractivity contribution in [3.63, 3.8) is 0 Å². The van der Waals surface area contributed by atoms with E-state index < -0.39 is 6.03 Å². The lowest BCUT2D eigenvalue weighted by molar-refractivity contribution is -0.120. The third kappa shape index (κ3) is 8.41. The van der Waals surface area contributed by atoms with Gasteiger partial charge < -0.3 is 14.7 Å². The van der Waals surface area contributed by atoms with Gasteiger partial charge in [-0.05, 0) is 80.2 Å². The maximum absolute atomic E-state index is 12.5. The van der Waals surface area contributed by atoms with Crippen molar-refractivity contribution in [2.45, 2.75) is 71.8 Å². The van der Waals surface area contributed by atoms with E-state index in [0.29, 0.717) is 31.2 Å². The molecule has 2 aliphatic rings. The van der Waals surface area contributed by atoms with Gasteiger partial charge in [-0.25, -0.2) is 14.3 Å². The number of benzene rings is 2. The first-order valence-corrected chi connectivity index (χ1v) is 18.7. The van der Waals surface area contributed by atoms with Gasteiger partial charge in [0.25, 0.3) is 11.7 Å². The molecule has 286 valence electrons. The number of urea groups is 1. The van der Waals surface area contributed by atoms with Gasteiger partial charge in [0.1, 0.15) is 6.33 Å². The summed E-state index contributed by atoms with van der Waals surface area (Å²) in [6, 6.07) is 15.7. The van der Waals surface area contributed by atoms with Gasteiger partial charge in [-0.2, -0.15) is 15.2 Å². The van der Waals surface area contributed by atoms with Crippen LogP contribution < -0.4 is 15.5 Å². The lowest BCUT2D eigenvalue weighted by Crippen LogP contribution is -2.49. The van der Waals surface area contributed by atoms with E-state index >= 15 is 0 Å².